The van der Waals surface area contributed by atoms with Crippen molar-refractivity contribution in [1.82, 2.24) is 4.98 Å². The van der Waals surface area contributed by atoms with Crippen LogP contribution in [0.2, 0.25) is 5.02 Å². The maximum Gasteiger partial charge on any atom is 0.356 e. The lowest BCUT2D eigenvalue weighted by Gasteiger charge is -2.37. The first-order valence-corrected chi connectivity index (χ1v) is 6.53. The zero-order valence-electron chi connectivity index (χ0n) is 10.6. The molecular formula is C13H17ClN2O2. The first-order valence-electron chi connectivity index (χ1n) is 6.15. The van der Waals surface area contributed by atoms with Crippen molar-refractivity contribution in [2.24, 2.45) is 5.92 Å². The number of carbonyl (C=O) groups is 1. The summed E-state index contributed by atoms with van der Waals surface area (Å²) in [4.78, 5) is 17.3. The normalized spacial score (nSPS) is 24.1. The lowest BCUT2D eigenvalue weighted by atomic mass is 9.93. The molecule has 0 radical (unpaired) electrons. The molecule has 2 unspecified atom stereocenters. The minimum absolute atomic E-state index is 0.0695. The number of aromatic carboxylic acids is 1. The number of anilines is 1. The standard InChI is InChI=1S/C13H17ClN2O2/c1-8-5-6-16(9(2)7-8)11-4-3-10(14)12(15-11)13(17)18/h3-4,8-9H,5-7H2,1-2H3,(H,17,18). The minimum atomic E-state index is -1.08. The van der Waals surface area contributed by atoms with E-state index in [0.717, 1.165) is 19.4 Å². The van der Waals surface area contributed by atoms with Crippen molar-refractivity contribution in [3.63, 3.8) is 0 Å². The molecule has 2 rings (SSSR count). The van der Waals surface area contributed by atoms with Gasteiger partial charge in [-0.05, 0) is 37.8 Å². The van der Waals surface area contributed by atoms with E-state index in [1.165, 1.54) is 0 Å². The summed E-state index contributed by atoms with van der Waals surface area (Å²) in [6.07, 6.45) is 2.21. The van der Waals surface area contributed by atoms with E-state index in [-0.39, 0.29) is 10.7 Å². The van der Waals surface area contributed by atoms with Crippen molar-refractivity contribution in [3.05, 3.63) is 22.8 Å². The van der Waals surface area contributed by atoms with Gasteiger partial charge in [0.25, 0.3) is 0 Å². The van der Waals surface area contributed by atoms with E-state index in [1.807, 2.05) is 0 Å². The fourth-order valence-electron chi connectivity index (χ4n) is 2.49. The van der Waals surface area contributed by atoms with Gasteiger partial charge >= 0.3 is 5.97 Å². The Hall–Kier alpha value is -1.29. The quantitative estimate of drug-likeness (QED) is 0.896. The lowest BCUT2D eigenvalue weighted by molar-refractivity contribution is 0.0690. The number of carboxylic acid groups (broad SMARTS) is 1. The summed E-state index contributed by atoms with van der Waals surface area (Å²) in [7, 11) is 0. The van der Waals surface area contributed by atoms with Gasteiger partial charge in [0.1, 0.15) is 5.82 Å². The van der Waals surface area contributed by atoms with Gasteiger partial charge < -0.3 is 10.0 Å². The summed E-state index contributed by atoms with van der Waals surface area (Å²) in [6.45, 7) is 5.30. The second-order valence-electron chi connectivity index (χ2n) is 4.98. The van der Waals surface area contributed by atoms with E-state index < -0.39 is 5.97 Å². The molecular weight excluding hydrogens is 252 g/mol. The lowest BCUT2D eigenvalue weighted by Crippen LogP contribution is -2.40. The first kappa shape index (κ1) is 13.1. The van der Waals surface area contributed by atoms with Crippen LogP contribution in [0.15, 0.2) is 12.1 Å². The number of carboxylic acids is 1. The van der Waals surface area contributed by atoms with Gasteiger partial charge in [-0.15, -0.1) is 0 Å². The van der Waals surface area contributed by atoms with E-state index in [9.17, 15) is 4.79 Å². The highest BCUT2D eigenvalue weighted by molar-refractivity contribution is 6.33. The highest BCUT2D eigenvalue weighted by Crippen LogP contribution is 2.28. The summed E-state index contributed by atoms with van der Waals surface area (Å²) in [6, 6.07) is 3.78. The predicted octanol–water partition coefficient (Wildman–Crippen LogP) is 3.06. The monoisotopic (exact) mass is 268 g/mol. The molecule has 0 aliphatic carbocycles. The number of halogens is 1. The topological polar surface area (TPSA) is 53.4 Å². The molecule has 0 spiro atoms. The Morgan fingerprint density at radius 3 is 2.83 bits per heavy atom. The average molecular weight is 269 g/mol. The molecule has 1 aromatic heterocycles. The molecule has 4 nitrogen and oxygen atoms in total. The Kier molecular flexibility index (Phi) is 3.76. The number of nitrogens with zero attached hydrogens (tertiary/aromatic N) is 2. The van der Waals surface area contributed by atoms with Crippen LogP contribution in [0, 0.1) is 5.92 Å². The van der Waals surface area contributed by atoms with Crippen LogP contribution in [0.5, 0.6) is 0 Å². The Bertz CT molecular complexity index is 464. The summed E-state index contributed by atoms with van der Waals surface area (Å²) < 4.78 is 0. The molecule has 1 saturated heterocycles. The number of hydrogen-bond donors (Lipinski definition) is 1. The average Bonchev–Trinajstić information content (AvgIpc) is 2.30. The molecule has 1 aromatic rings. The van der Waals surface area contributed by atoms with Crippen LogP contribution in [0.3, 0.4) is 0 Å². The molecule has 0 saturated carbocycles. The second kappa shape index (κ2) is 5.14. The second-order valence-corrected chi connectivity index (χ2v) is 5.38. The largest absolute Gasteiger partial charge is 0.476 e. The van der Waals surface area contributed by atoms with Crippen LogP contribution < -0.4 is 4.90 Å². The summed E-state index contributed by atoms with van der Waals surface area (Å²) >= 11 is 5.83. The molecule has 1 N–H and O–H groups in total. The molecule has 0 aromatic carbocycles. The molecule has 1 fully saturated rings. The van der Waals surface area contributed by atoms with Crippen molar-refractivity contribution in [2.75, 3.05) is 11.4 Å². The Balaban J connectivity index is 2.28. The Morgan fingerprint density at radius 2 is 2.22 bits per heavy atom. The Labute approximate surface area is 112 Å². The van der Waals surface area contributed by atoms with Crippen LogP contribution >= 0.6 is 11.6 Å². The van der Waals surface area contributed by atoms with Gasteiger partial charge in [-0.25, -0.2) is 9.78 Å². The van der Waals surface area contributed by atoms with Crippen molar-refractivity contribution in [2.45, 2.75) is 32.7 Å². The van der Waals surface area contributed by atoms with Gasteiger partial charge in [0.05, 0.1) is 5.02 Å². The highest BCUT2D eigenvalue weighted by atomic mass is 35.5. The van der Waals surface area contributed by atoms with E-state index in [0.29, 0.717) is 17.8 Å². The Morgan fingerprint density at radius 1 is 1.50 bits per heavy atom. The fourth-order valence-corrected chi connectivity index (χ4v) is 2.68. The predicted molar refractivity (Wildman–Crippen MR) is 71.4 cm³/mol. The molecule has 1 aliphatic heterocycles. The van der Waals surface area contributed by atoms with Gasteiger partial charge in [-0.2, -0.15) is 0 Å². The van der Waals surface area contributed by atoms with Gasteiger partial charge in [0.2, 0.25) is 0 Å². The first-order chi connectivity index (χ1) is 8.49. The zero-order chi connectivity index (χ0) is 13.3. The van der Waals surface area contributed by atoms with Crippen molar-refractivity contribution < 1.29 is 9.90 Å². The number of aromatic nitrogens is 1. The van der Waals surface area contributed by atoms with E-state index in [4.69, 9.17) is 16.7 Å². The van der Waals surface area contributed by atoms with Crippen LogP contribution in [0.25, 0.3) is 0 Å². The van der Waals surface area contributed by atoms with Crippen molar-refractivity contribution in [3.8, 4) is 0 Å². The molecule has 5 heteroatoms. The molecule has 18 heavy (non-hydrogen) atoms. The van der Waals surface area contributed by atoms with E-state index in [2.05, 4.69) is 23.7 Å². The summed E-state index contributed by atoms with van der Waals surface area (Å²) in [5.74, 6) is 0.332. The molecule has 2 atom stereocenters. The van der Waals surface area contributed by atoms with Gasteiger partial charge in [-0.3, -0.25) is 0 Å². The smallest absolute Gasteiger partial charge is 0.356 e. The maximum absolute atomic E-state index is 11.0. The molecule has 0 amide bonds. The van der Waals surface area contributed by atoms with Gasteiger partial charge in [0.15, 0.2) is 5.69 Å². The zero-order valence-corrected chi connectivity index (χ0v) is 11.3. The molecule has 0 bridgehead atoms. The van der Waals surface area contributed by atoms with Gasteiger partial charge in [0, 0.05) is 12.6 Å². The number of piperidine rings is 1. The number of pyridine rings is 1. The van der Waals surface area contributed by atoms with Crippen molar-refractivity contribution in [1.29, 1.82) is 0 Å². The fraction of sp³-hybridized carbons (Fsp3) is 0.538. The van der Waals surface area contributed by atoms with Crippen LogP contribution in [-0.2, 0) is 0 Å². The third-order valence-electron chi connectivity index (χ3n) is 3.47. The maximum atomic E-state index is 11.0. The summed E-state index contributed by atoms with van der Waals surface area (Å²) in [5.41, 5.74) is -0.0695. The van der Waals surface area contributed by atoms with Crippen LogP contribution in [0.1, 0.15) is 37.2 Å². The van der Waals surface area contributed by atoms with E-state index in [1.54, 1.807) is 12.1 Å². The summed E-state index contributed by atoms with van der Waals surface area (Å²) in [5, 5.41) is 9.22. The molecule has 1 aliphatic rings. The number of rotatable bonds is 2. The van der Waals surface area contributed by atoms with Crippen molar-refractivity contribution >= 4 is 23.4 Å². The minimum Gasteiger partial charge on any atom is -0.476 e. The SMILES string of the molecule is CC1CCN(c2ccc(Cl)c(C(=O)O)n2)C(C)C1. The highest BCUT2D eigenvalue weighted by Gasteiger charge is 2.25. The van der Waals surface area contributed by atoms with Crippen LogP contribution in [0.4, 0.5) is 5.82 Å². The van der Waals surface area contributed by atoms with E-state index >= 15 is 0 Å². The van der Waals surface area contributed by atoms with Gasteiger partial charge in [-0.1, -0.05) is 18.5 Å². The molecule has 98 valence electrons. The third-order valence-corrected chi connectivity index (χ3v) is 3.77. The third kappa shape index (κ3) is 2.58. The van der Waals surface area contributed by atoms with Crippen LogP contribution in [-0.4, -0.2) is 28.6 Å². The number of hydrogen-bond acceptors (Lipinski definition) is 3. The molecule has 2 heterocycles.